The predicted octanol–water partition coefficient (Wildman–Crippen LogP) is -2.42. The molecule has 0 spiro atoms. The second-order valence-corrected chi connectivity index (χ2v) is 9.43. The Bertz CT molecular complexity index is 774. The molecule has 28 heavy (non-hydrogen) atoms. The van der Waals surface area contributed by atoms with Gasteiger partial charge in [-0.05, 0) is 0 Å². The van der Waals surface area contributed by atoms with E-state index in [0.717, 1.165) is 0 Å². The van der Waals surface area contributed by atoms with Gasteiger partial charge in [-0.25, -0.2) is 0 Å². The summed E-state index contributed by atoms with van der Waals surface area (Å²) in [4.78, 5) is 62.3. The molecule has 1 unspecified atom stereocenters. The minimum absolute atomic E-state index is 0.0347. The summed E-state index contributed by atoms with van der Waals surface area (Å²) in [6, 6.07) is -0.845. The van der Waals surface area contributed by atoms with Crippen LogP contribution in [0, 0.1) is 0 Å². The number of hydrogen-bond acceptors (Lipinski definition) is 9. The zero-order valence-electron chi connectivity index (χ0n) is 14.7. The molecule has 0 bridgehead atoms. The van der Waals surface area contributed by atoms with Crippen LogP contribution in [0.1, 0.15) is 0 Å². The molecule has 0 aliphatic carbocycles. The number of nitrogens with two attached hydrogens (primary N) is 1. The molecule has 0 radical (unpaired) electrons. The van der Waals surface area contributed by atoms with Gasteiger partial charge >= 0.3 is 15.2 Å². The molecule has 158 valence electrons. The summed E-state index contributed by atoms with van der Waals surface area (Å²) in [6.07, 6.45) is 0.291. The van der Waals surface area contributed by atoms with Crippen LogP contribution in [0.4, 0.5) is 0 Å². The molecule has 0 saturated carbocycles. The van der Waals surface area contributed by atoms with Crippen molar-refractivity contribution in [2.45, 2.75) is 6.04 Å². The number of amidine groups is 1. The predicted molar refractivity (Wildman–Crippen MR) is 99.3 cm³/mol. The standard InChI is InChI=1S/C12H22N6O8P2/c13-12-15-10-9(11(19)16-12)14-7-18(10)2-1-17(4-6-27(20,21)22)3-5-26-8-28(23,24)25/h7,9H,1-6,8H2,(H2,13,16,19)(H2,20,21,22)(H2,23,24,25). The monoisotopic (exact) mass is 440 g/mol. The van der Waals surface area contributed by atoms with Crippen molar-refractivity contribution in [3.05, 3.63) is 0 Å². The van der Waals surface area contributed by atoms with Gasteiger partial charge in [0.15, 0.2) is 6.04 Å². The number of rotatable bonds is 11. The molecule has 2 rings (SSSR count). The van der Waals surface area contributed by atoms with Crippen molar-refractivity contribution in [1.82, 2.24) is 9.80 Å². The van der Waals surface area contributed by atoms with Gasteiger partial charge in [0.2, 0.25) is 5.96 Å². The molecule has 0 aromatic heterocycles. The fourth-order valence-corrected chi connectivity index (χ4v) is 3.36. The molecular formula is C12H22N6O8P2. The quantitative estimate of drug-likeness (QED) is 0.169. The van der Waals surface area contributed by atoms with Crippen LogP contribution in [0.3, 0.4) is 0 Å². The van der Waals surface area contributed by atoms with Crippen LogP contribution in [0.2, 0.25) is 0 Å². The molecule has 2 aliphatic rings. The largest absolute Gasteiger partial charge is 0.368 e. The summed E-state index contributed by atoms with van der Waals surface area (Å²) >= 11 is 0. The van der Waals surface area contributed by atoms with Crippen molar-refractivity contribution in [3.63, 3.8) is 0 Å². The third kappa shape index (κ3) is 7.49. The summed E-state index contributed by atoms with van der Waals surface area (Å²) in [7, 11) is -8.51. The summed E-state index contributed by atoms with van der Waals surface area (Å²) in [5, 5.41) is 0. The van der Waals surface area contributed by atoms with Crippen LogP contribution in [-0.2, 0) is 18.7 Å². The van der Waals surface area contributed by atoms with E-state index in [1.807, 2.05) is 0 Å². The highest BCUT2D eigenvalue weighted by molar-refractivity contribution is 7.51. The van der Waals surface area contributed by atoms with Crippen LogP contribution >= 0.6 is 15.2 Å². The Morgan fingerprint density at radius 3 is 2.50 bits per heavy atom. The second kappa shape index (κ2) is 9.33. The summed E-state index contributed by atoms with van der Waals surface area (Å²) in [5.74, 6) is -0.369. The first-order valence-corrected chi connectivity index (χ1v) is 11.7. The van der Waals surface area contributed by atoms with Gasteiger partial charge in [0, 0.05) is 26.2 Å². The van der Waals surface area contributed by atoms with E-state index < -0.39 is 33.5 Å². The third-order valence-electron chi connectivity index (χ3n) is 3.76. The van der Waals surface area contributed by atoms with Crippen molar-refractivity contribution < 1.29 is 38.2 Å². The third-order valence-corrected chi connectivity index (χ3v) is 5.06. The Morgan fingerprint density at radius 2 is 1.86 bits per heavy atom. The van der Waals surface area contributed by atoms with Crippen LogP contribution < -0.4 is 5.73 Å². The number of ether oxygens (including phenoxy) is 1. The normalized spacial score (nSPS) is 19.8. The molecule has 6 N–H and O–H groups in total. The molecule has 1 atom stereocenters. The van der Waals surface area contributed by atoms with Crippen molar-refractivity contribution in [2.24, 2.45) is 20.7 Å². The van der Waals surface area contributed by atoms with Crippen molar-refractivity contribution >= 4 is 39.2 Å². The summed E-state index contributed by atoms with van der Waals surface area (Å²) in [5.41, 5.74) is 5.49. The fourth-order valence-electron chi connectivity index (χ4n) is 2.45. The topological polar surface area (TPSA) is 211 Å². The van der Waals surface area contributed by atoms with Crippen molar-refractivity contribution in [2.75, 3.05) is 45.3 Å². The highest BCUT2D eigenvalue weighted by Crippen LogP contribution is 2.34. The highest BCUT2D eigenvalue weighted by atomic mass is 31.2. The number of amides is 1. The van der Waals surface area contributed by atoms with E-state index in [2.05, 4.69) is 15.0 Å². The van der Waals surface area contributed by atoms with E-state index in [0.29, 0.717) is 18.9 Å². The van der Waals surface area contributed by atoms with Crippen LogP contribution in [0.5, 0.6) is 0 Å². The van der Waals surface area contributed by atoms with Gasteiger partial charge in [0.25, 0.3) is 5.91 Å². The molecule has 2 aliphatic heterocycles. The minimum atomic E-state index is -4.29. The maximum Gasteiger partial charge on any atom is 0.350 e. The van der Waals surface area contributed by atoms with Crippen LogP contribution in [-0.4, -0.2) is 105 Å². The molecule has 0 saturated heterocycles. The van der Waals surface area contributed by atoms with Gasteiger partial charge in [0.1, 0.15) is 12.2 Å². The van der Waals surface area contributed by atoms with E-state index in [-0.39, 0.29) is 31.8 Å². The van der Waals surface area contributed by atoms with Crippen LogP contribution in [0.25, 0.3) is 0 Å². The number of carbonyl (C=O) groups is 1. The van der Waals surface area contributed by atoms with Gasteiger partial charge in [-0.3, -0.25) is 23.8 Å². The van der Waals surface area contributed by atoms with Crippen molar-refractivity contribution in [3.8, 4) is 0 Å². The molecule has 1 amide bonds. The lowest BCUT2D eigenvalue weighted by atomic mass is 10.2. The lowest BCUT2D eigenvalue weighted by Crippen LogP contribution is -2.43. The van der Waals surface area contributed by atoms with Gasteiger partial charge in [-0.15, -0.1) is 0 Å². The lowest BCUT2D eigenvalue weighted by Gasteiger charge is -2.26. The number of aliphatic imine (C=N–C) groups is 3. The maximum absolute atomic E-state index is 11.8. The molecule has 0 aromatic rings. The van der Waals surface area contributed by atoms with Gasteiger partial charge in [-0.1, -0.05) is 0 Å². The van der Waals surface area contributed by atoms with E-state index >= 15 is 0 Å². The first-order valence-electron chi connectivity index (χ1n) is 8.10. The van der Waals surface area contributed by atoms with Gasteiger partial charge in [-0.2, -0.15) is 9.98 Å². The average Bonchev–Trinajstić information content (AvgIpc) is 2.94. The van der Waals surface area contributed by atoms with E-state index in [9.17, 15) is 13.9 Å². The number of carbonyl (C=O) groups excluding carboxylic acids is 1. The molecule has 0 aromatic carbocycles. The zero-order valence-corrected chi connectivity index (χ0v) is 16.5. The Labute approximate surface area is 160 Å². The SMILES string of the molecule is NC1=NC(=O)C2N=CN(CCN(CCOCP(=O)(O)O)CCP(=O)(O)O)C2=N1. The highest BCUT2D eigenvalue weighted by Gasteiger charge is 2.35. The Balaban J connectivity index is 1.91. The number of fused-ring (bicyclic) bond motifs is 1. The minimum Gasteiger partial charge on any atom is -0.368 e. The van der Waals surface area contributed by atoms with Gasteiger partial charge in [0.05, 0.1) is 19.1 Å². The Hall–Kier alpha value is -1.50. The van der Waals surface area contributed by atoms with Gasteiger partial charge < -0.3 is 34.9 Å². The van der Waals surface area contributed by atoms with Crippen molar-refractivity contribution in [1.29, 1.82) is 0 Å². The Kier molecular flexibility index (Phi) is 7.59. The Morgan fingerprint density at radius 1 is 1.14 bits per heavy atom. The summed E-state index contributed by atoms with van der Waals surface area (Å²) in [6.45, 7) is 0.764. The molecule has 2 heterocycles. The molecule has 14 nitrogen and oxygen atoms in total. The number of guanidine groups is 1. The van der Waals surface area contributed by atoms with E-state index in [1.54, 1.807) is 9.80 Å². The van der Waals surface area contributed by atoms with E-state index in [1.165, 1.54) is 6.34 Å². The van der Waals surface area contributed by atoms with E-state index in [4.69, 9.17) is 30.0 Å². The lowest BCUT2D eigenvalue weighted by molar-refractivity contribution is -0.117. The first-order chi connectivity index (χ1) is 12.9. The smallest absolute Gasteiger partial charge is 0.350 e. The number of nitrogens with zero attached hydrogens (tertiary/aromatic N) is 5. The van der Waals surface area contributed by atoms with Crippen LogP contribution in [0.15, 0.2) is 15.0 Å². The number of hydrogen-bond donors (Lipinski definition) is 5. The fraction of sp³-hybridized carbons (Fsp3) is 0.667. The first kappa shape index (κ1) is 22.8. The molecule has 0 fully saturated rings. The maximum atomic E-state index is 11.8. The molecule has 16 heteroatoms. The summed E-state index contributed by atoms with van der Waals surface area (Å²) < 4.78 is 26.8. The zero-order chi connectivity index (χ0) is 20.9. The molecular weight excluding hydrogens is 418 g/mol. The average molecular weight is 440 g/mol. The second-order valence-electron chi connectivity index (χ2n) is 6.07.